The van der Waals surface area contributed by atoms with Crippen LogP contribution in [0.25, 0.3) is 0 Å². The molecule has 18 heavy (non-hydrogen) atoms. The van der Waals surface area contributed by atoms with E-state index in [1.165, 1.54) is 18.2 Å². The highest BCUT2D eigenvalue weighted by Crippen LogP contribution is 2.24. The van der Waals surface area contributed by atoms with Gasteiger partial charge in [-0.15, -0.1) is 0 Å². The van der Waals surface area contributed by atoms with E-state index in [1.54, 1.807) is 0 Å². The van der Waals surface area contributed by atoms with Crippen molar-refractivity contribution in [3.63, 3.8) is 0 Å². The molecule has 1 N–H and O–H groups in total. The molecule has 0 spiro atoms. The van der Waals surface area contributed by atoms with Gasteiger partial charge in [0.15, 0.2) is 0 Å². The second-order valence-electron chi connectivity index (χ2n) is 4.34. The molecule has 1 aromatic carbocycles. The van der Waals surface area contributed by atoms with Crippen LogP contribution < -0.4 is 5.32 Å². The molecule has 0 aromatic heterocycles. The molecule has 0 atom stereocenters. The number of rotatable bonds is 4. The lowest BCUT2D eigenvalue weighted by Crippen LogP contribution is -2.48. The fourth-order valence-electron chi connectivity index (χ4n) is 1.99. The zero-order valence-corrected chi connectivity index (χ0v) is 10.8. The fraction of sp³-hybridized carbons (Fsp3) is 0.462. The summed E-state index contributed by atoms with van der Waals surface area (Å²) in [7, 11) is 0. The minimum atomic E-state index is -0.558. The molecular formula is C13H15ClFNO2. The second kappa shape index (κ2) is 5.67. The number of halogens is 2. The molecule has 3 nitrogen and oxygen atoms in total. The van der Waals surface area contributed by atoms with Crippen molar-refractivity contribution >= 4 is 17.5 Å². The zero-order valence-electron chi connectivity index (χ0n) is 10.1. The van der Waals surface area contributed by atoms with Gasteiger partial charge < -0.3 is 10.1 Å². The topological polar surface area (TPSA) is 38.3 Å². The standard InChI is InChI=1S/C13H15ClFNO2/c1-2-18-10-6-9(7-10)16-13(17)11-5-8(14)3-4-12(11)15/h3-5,9-10H,2,6-7H2,1H3,(H,16,17). The summed E-state index contributed by atoms with van der Waals surface area (Å²) in [5.41, 5.74) is -0.0117. The molecule has 1 aromatic rings. The van der Waals surface area contributed by atoms with Crippen LogP contribution in [-0.2, 0) is 4.74 Å². The molecule has 0 radical (unpaired) electrons. The van der Waals surface area contributed by atoms with Crippen LogP contribution in [-0.4, -0.2) is 24.7 Å². The number of carbonyl (C=O) groups excluding carboxylic acids is 1. The molecule has 1 aliphatic carbocycles. The summed E-state index contributed by atoms with van der Waals surface area (Å²) in [6, 6.07) is 4.01. The van der Waals surface area contributed by atoms with Gasteiger partial charge in [-0.25, -0.2) is 4.39 Å². The Morgan fingerprint density at radius 3 is 2.94 bits per heavy atom. The normalized spacial score (nSPS) is 22.4. The van der Waals surface area contributed by atoms with E-state index in [0.717, 1.165) is 12.8 Å². The predicted octanol–water partition coefficient (Wildman–Crippen LogP) is 2.78. The third-order valence-electron chi connectivity index (χ3n) is 3.01. The van der Waals surface area contributed by atoms with Crippen LogP contribution in [0, 0.1) is 5.82 Å². The summed E-state index contributed by atoms with van der Waals surface area (Å²) in [6.07, 6.45) is 1.77. The van der Waals surface area contributed by atoms with Crippen molar-refractivity contribution in [3.05, 3.63) is 34.6 Å². The molecule has 0 unspecified atom stereocenters. The first-order chi connectivity index (χ1) is 8.60. The molecule has 1 aliphatic rings. The van der Waals surface area contributed by atoms with Crippen LogP contribution in [0.1, 0.15) is 30.1 Å². The second-order valence-corrected chi connectivity index (χ2v) is 4.78. The first-order valence-electron chi connectivity index (χ1n) is 5.97. The lowest BCUT2D eigenvalue weighted by molar-refractivity contribution is -0.00865. The highest BCUT2D eigenvalue weighted by Gasteiger charge is 2.31. The number of hydrogen-bond donors (Lipinski definition) is 1. The Labute approximate surface area is 110 Å². The third-order valence-corrected chi connectivity index (χ3v) is 3.24. The van der Waals surface area contributed by atoms with E-state index in [2.05, 4.69) is 5.32 Å². The number of benzene rings is 1. The van der Waals surface area contributed by atoms with Gasteiger partial charge in [0.2, 0.25) is 0 Å². The van der Waals surface area contributed by atoms with E-state index < -0.39 is 11.7 Å². The monoisotopic (exact) mass is 271 g/mol. The summed E-state index contributed by atoms with van der Waals surface area (Å²) in [4.78, 5) is 11.8. The molecule has 0 aliphatic heterocycles. The van der Waals surface area contributed by atoms with Crippen molar-refractivity contribution in [2.24, 2.45) is 0 Å². The zero-order chi connectivity index (χ0) is 13.1. The molecule has 0 heterocycles. The van der Waals surface area contributed by atoms with Crippen molar-refractivity contribution in [2.45, 2.75) is 31.9 Å². The third kappa shape index (κ3) is 3.00. The van der Waals surface area contributed by atoms with Gasteiger partial charge in [0.05, 0.1) is 11.7 Å². The summed E-state index contributed by atoms with van der Waals surface area (Å²) in [5, 5.41) is 3.12. The molecule has 2 rings (SSSR count). The molecule has 1 fully saturated rings. The molecule has 0 bridgehead atoms. The van der Waals surface area contributed by atoms with Gasteiger partial charge in [0.25, 0.3) is 5.91 Å². The molecule has 1 saturated carbocycles. The fourth-order valence-corrected chi connectivity index (χ4v) is 2.16. The first-order valence-corrected chi connectivity index (χ1v) is 6.35. The van der Waals surface area contributed by atoms with Gasteiger partial charge in [0.1, 0.15) is 5.82 Å². The minimum Gasteiger partial charge on any atom is -0.378 e. The average Bonchev–Trinajstić information content (AvgIpc) is 2.29. The van der Waals surface area contributed by atoms with E-state index in [4.69, 9.17) is 16.3 Å². The van der Waals surface area contributed by atoms with Gasteiger partial charge in [-0.05, 0) is 38.0 Å². The quantitative estimate of drug-likeness (QED) is 0.914. The van der Waals surface area contributed by atoms with E-state index in [-0.39, 0.29) is 17.7 Å². The summed E-state index contributed by atoms with van der Waals surface area (Å²) in [5.74, 6) is -0.979. The highest BCUT2D eigenvalue weighted by molar-refractivity contribution is 6.31. The maximum atomic E-state index is 13.4. The first kappa shape index (κ1) is 13.3. The lowest BCUT2D eigenvalue weighted by atomic mass is 9.89. The van der Waals surface area contributed by atoms with Crippen molar-refractivity contribution in [3.8, 4) is 0 Å². The summed E-state index contributed by atoms with van der Waals surface area (Å²) >= 11 is 5.74. The van der Waals surface area contributed by atoms with Crippen LogP contribution in [0.4, 0.5) is 4.39 Å². The van der Waals surface area contributed by atoms with Gasteiger partial charge in [-0.3, -0.25) is 4.79 Å². The van der Waals surface area contributed by atoms with Crippen molar-refractivity contribution in [1.82, 2.24) is 5.32 Å². The smallest absolute Gasteiger partial charge is 0.254 e. The van der Waals surface area contributed by atoms with Crippen molar-refractivity contribution in [2.75, 3.05) is 6.61 Å². The van der Waals surface area contributed by atoms with Gasteiger partial charge in [0, 0.05) is 17.7 Å². The van der Waals surface area contributed by atoms with Gasteiger partial charge in [-0.1, -0.05) is 11.6 Å². The minimum absolute atomic E-state index is 0.0117. The van der Waals surface area contributed by atoms with Crippen LogP contribution in [0.5, 0.6) is 0 Å². The van der Waals surface area contributed by atoms with E-state index in [0.29, 0.717) is 11.6 Å². The average molecular weight is 272 g/mol. The van der Waals surface area contributed by atoms with Crippen LogP contribution in [0.2, 0.25) is 5.02 Å². The number of ether oxygens (including phenoxy) is 1. The van der Waals surface area contributed by atoms with Crippen LogP contribution in [0.15, 0.2) is 18.2 Å². The Morgan fingerprint density at radius 1 is 1.56 bits per heavy atom. The lowest BCUT2D eigenvalue weighted by Gasteiger charge is -2.35. The van der Waals surface area contributed by atoms with Gasteiger partial charge in [-0.2, -0.15) is 0 Å². The van der Waals surface area contributed by atoms with Crippen LogP contribution in [0.3, 0.4) is 0 Å². The maximum absolute atomic E-state index is 13.4. The molecule has 98 valence electrons. The Balaban J connectivity index is 1.91. The summed E-state index contributed by atoms with van der Waals surface area (Å²) in [6.45, 7) is 2.61. The number of carbonyl (C=O) groups is 1. The Kier molecular flexibility index (Phi) is 4.19. The molecule has 5 heteroatoms. The molecule has 0 saturated heterocycles. The Bertz CT molecular complexity index is 447. The number of nitrogens with one attached hydrogen (secondary N) is 1. The maximum Gasteiger partial charge on any atom is 0.254 e. The van der Waals surface area contributed by atoms with E-state index in [9.17, 15) is 9.18 Å². The highest BCUT2D eigenvalue weighted by atomic mass is 35.5. The number of hydrogen-bond acceptors (Lipinski definition) is 2. The molecule has 1 amide bonds. The van der Waals surface area contributed by atoms with Crippen molar-refractivity contribution < 1.29 is 13.9 Å². The SMILES string of the molecule is CCOC1CC(NC(=O)c2cc(Cl)ccc2F)C1. The largest absolute Gasteiger partial charge is 0.378 e. The van der Waals surface area contributed by atoms with Crippen molar-refractivity contribution in [1.29, 1.82) is 0 Å². The predicted molar refractivity (Wildman–Crippen MR) is 67.3 cm³/mol. The van der Waals surface area contributed by atoms with E-state index >= 15 is 0 Å². The molecular weight excluding hydrogens is 257 g/mol. The van der Waals surface area contributed by atoms with Gasteiger partial charge >= 0.3 is 0 Å². The van der Waals surface area contributed by atoms with E-state index in [1.807, 2.05) is 6.92 Å². The Morgan fingerprint density at radius 2 is 2.28 bits per heavy atom. The van der Waals surface area contributed by atoms with Crippen LogP contribution >= 0.6 is 11.6 Å². The number of amides is 1. The Hall–Kier alpha value is -1.13. The summed E-state index contributed by atoms with van der Waals surface area (Å²) < 4.78 is 18.8.